The van der Waals surface area contributed by atoms with Gasteiger partial charge in [0.25, 0.3) is 0 Å². The highest BCUT2D eigenvalue weighted by atomic mass is 16.5. The van der Waals surface area contributed by atoms with E-state index in [4.69, 9.17) is 9.15 Å². The molecule has 1 unspecified atom stereocenters. The van der Waals surface area contributed by atoms with Crippen LogP contribution in [0.5, 0.6) is 5.75 Å². The number of hydrogen-bond acceptors (Lipinski definition) is 3. The molecule has 1 aromatic carbocycles. The van der Waals surface area contributed by atoms with Gasteiger partial charge in [0, 0.05) is 18.0 Å². The summed E-state index contributed by atoms with van der Waals surface area (Å²) in [5, 5.41) is 3.36. The number of rotatable bonds is 7. The van der Waals surface area contributed by atoms with E-state index >= 15 is 0 Å². The van der Waals surface area contributed by atoms with Gasteiger partial charge in [-0.1, -0.05) is 18.2 Å². The number of hydrogen-bond donors (Lipinski definition) is 1. The zero-order chi connectivity index (χ0) is 13.5. The van der Waals surface area contributed by atoms with Gasteiger partial charge >= 0.3 is 0 Å². The molecule has 0 aliphatic rings. The molecule has 1 N–H and O–H groups in total. The molecule has 2 rings (SSSR count). The molecule has 19 heavy (non-hydrogen) atoms. The molecule has 0 amide bonds. The van der Waals surface area contributed by atoms with Crippen molar-refractivity contribution in [3.8, 4) is 5.75 Å². The molecule has 3 nitrogen and oxygen atoms in total. The summed E-state index contributed by atoms with van der Waals surface area (Å²) in [6.07, 6.45) is 3.62. The molecule has 0 saturated heterocycles. The Morgan fingerprint density at radius 2 is 2.05 bits per heavy atom. The Balaban J connectivity index is 2.08. The molecule has 0 fully saturated rings. The predicted molar refractivity (Wildman–Crippen MR) is 76.4 cm³/mol. The van der Waals surface area contributed by atoms with Gasteiger partial charge in [0.05, 0.1) is 12.9 Å². The van der Waals surface area contributed by atoms with E-state index in [9.17, 15) is 0 Å². The molecule has 1 aromatic heterocycles. The van der Waals surface area contributed by atoms with Crippen LogP contribution in [-0.2, 0) is 6.42 Å². The first kappa shape index (κ1) is 13.7. The summed E-state index contributed by atoms with van der Waals surface area (Å²) >= 11 is 0. The minimum atomic E-state index is 0.271. The van der Waals surface area contributed by atoms with E-state index in [2.05, 4.69) is 17.4 Å². The summed E-state index contributed by atoms with van der Waals surface area (Å²) in [4.78, 5) is 0. The van der Waals surface area contributed by atoms with Gasteiger partial charge in [0.15, 0.2) is 0 Å². The van der Waals surface area contributed by atoms with Crippen molar-refractivity contribution in [2.24, 2.45) is 0 Å². The summed E-state index contributed by atoms with van der Waals surface area (Å²) in [7, 11) is 1.98. The van der Waals surface area contributed by atoms with Crippen molar-refractivity contribution in [3.05, 3.63) is 54.0 Å². The predicted octanol–water partition coefficient (Wildman–Crippen LogP) is 3.57. The third kappa shape index (κ3) is 3.61. The number of benzene rings is 1. The molecule has 1 heterocycles. The first-order chi connectivity index (χ1) is 9.35. The maximum Gasteiger partial charge on any atom is 0.124 e. The molecule has 0 spiro atoms. The second kappa shape index (κ2) is 7.00. The fourth-order valence-corrected chi connectivity index (χ4v) is 2.25. The van der Waals surface area contributed by atoms with Crippen LogP contribution in [0.25, 0.3) is 0 Å². The molecule has 102 valence electrons. The number of nitrogens with one attached hydrogen (secondary N) is 1. The van der Waals surface area contributed by atoms with Crippen molar-refractivity contribution in [2.45, 2.75) is 25.8 Å². The largest absolute Gasteiger partial charge is 0.494 e. The average molecular weight is 259 g/mol. The van der Waals surface area contributed by atoms with Crippen molar-refractivity contribution in [1.82, 2.24) is 5.32 Å². The van der Waals surface area contributed by atoms with E-state index in [-0.39, 0.29) is 6.04 Å². The second-order valence-corrected chi connectivity index (χ2v) is 4.43. The topological polar surface area (TPSA) is 34.4 Å². The van der Waals surface area contributed by atoms with Crippen LogP contribution < -0.4 is 10.1 Å². The quantitative estimate of drug-likeness (QED) is 0.825. The Kier molecular flexibility index (Phi) is 5.04. The monoisotopic (exact) mass is 259 g/mol. The van der Waals surface area contributed by atoms with Gasteiger partial charge in [-0.15, -0.1) is 0 Å². The Hall–Kier alpha value is -1.74. The van der Waals surface area contributed by atoms with E-state index in [0.29, 0.717) is 6.61 Å². The zero-order valence-corrected chi connectivity index (χ0v) is 11.6. The van der Waals surface area contributed by atoms with Gasteiger partial charge in [-0.25, -0.2) is 0 Å². The van der Waals surface area contributed by atoms with Crippen molar-refractivity contribution >= 4 is 0 Å². The summed E-state index contributed by atoms with van der Waals surface area (Å²) in [6.45, 7) is 2.69. The van der Waals surface area contributed by atoms with Crippen LogP contribution in [0.2, 0.25) is 0 Å². The molecular weight excluding hydrogens is 238 g/mol. The van der Waals surface area contributed by atoms with Gasteiger partial charge < -0.3 is 14.5 Å². The lowest BCUT2D eigenvalue weighted by molar-refractivity contribution is 0.330. The maximum atomic E-state index is 5.69. The standard InChI is InChI=1S/C16H21NO2/c1-3-18-16-9-5-4-8-14(16)15(17-2)11-10-13-7-6-12-19-13/h4-9,12,15,17H,3,10-11H2,1-2H3. The summed E-state index contributed by atoms with van der Waals surface area (Å²) in [5.74, 6) is 1.98. The van der Waals surface area contributed by atoms with Gasteiger partial charge in [-0.3, -0.25) is 0 Å². The lowest BCUT2D eigenvalue weighted by Crippen LogP contribution is -2.18. The molecule has 3 heteroatoms. The van der Waals surface area contributed by atoms with E-state index < -0.39 is 0 Å². The van der Waals surface area contributed by atoms with Crippen LogP contribution in [-0.4, -0.2) is 13.7 Å². The number of para-hydroxylation sites is 1. The highest BCUT2D eigenvalue weighted by Gasteiger charge is 2.14. The lowest BCUT2D eigenvalue weighted by Gasteiger charge is -2.19. The highest BCUT2D eigenvalue weighted by molar-refractivity contribution is 5.36. The normalized spacial score (nSPS) is 12.3. The van der Waals surface area contributed by atoms with Crippen LogP contribution in [0.1, 0.15) is 30.7 Å². The van der Waals surface area contributed by atoms with Crippen LogP contribution in [0, 0.1) is 0 Å². The highest BCUT2D eigenvalue weighted by Crippen LogP contribution is 2.28. The van der Waals surface area contributed by atoms with E-state index in [0.717, 1.165) is 24.4 Å². The SMILES string of the molecule is CCOc1ccccc1C(CCc1ccco1)NC. The van der Waals surface area contributed by atoms with Gasteiger partial charge in [0.1, 0.15) is 11.5 Å². The minimum Gasteiger partial charge on any atom is -0.494 e. The Morgan fingerprint density at radius 1 is 1.21 bits per heavy atom. The summed E-state index contributed by atoms with van der Waals surface area (Å²) < 4.78 is 11.1. The molecule has 0 aliphatic carbocycles. The fraction of sp³-hybridized carbons (Fsp3) is 0.375. The molecule has 0 saturated carbocycles. The summed E-state index contributed by atoms with van der Waals surface area (Å²) in [5.41, 5.74) is 1.21. The Morgan fingerprint density at radius 3 is 2.74 bits per heavy atom. The fourth-order valence-electron chi connectivity index (χ4n) is 2.25. The molecule has 0 bridgehead atoms. The molecule has 1 atom stereocenters. The van der Waals surface area contributed by atoms with Gasteiger partial charge in [-0.05, 0) is 38.6 Å². The third-order valence-electron chi connectivity index (χ3n) is 3.20. The second-order valence-electron chi connectivity index (χ2n) is 4.43. The van der Waals surface area contributed by atoms with Crippen LogP contribution in [0.3, 0.4) is 0 Å². The van der Waals surface area contributed by atoms with Crippen LogP contribution in [0.4, 0.5) is 0 Å². The zero-order valence-electron chi connectivity index (χ0n) is 11.6. The van der Waals surface area contributed by atoms with Crippen molar-refractivity contribution < 1.29 is 9.15 Å². The molecular formula is C16H21NO2. The Labute approximate surface area is 114 Å². The first-order valence-electron chi connectivity index (χ1n) is 6.76. The first-order valence-corrected chi connectivity index (χ1v) is 6.76. The molecule has 0 aliphatic heterocycles. The van der Waals surface area contributed by atoms with Crippen molar-refractivity contribution in [2.75, 3.05) is 13.7 Å². The number of furan rings is 1. The minimum absolute atomic E-state index is 0.271. The average Bonchev–Trinajstić information content (AvgIpc) is 2.95. The van der Waals surface area contributed by atoms with Gasteiger partial charge in [-0.2, -0.15) is 0 Å². The van der Waals surface area contributed by atoms with Crippen LogP contribution in [0.15, 0.2) is 47.1 Å². The Bertz CT molecular complexity index is 479. The van der Waals surface area contributed by atoms with E-state index in [1.165, 1.54) is 5.56 Å². The number of ether oxygens (including phenoxy) is 1. The third-order valence-corrected chi connectivity index (χ3v) is 3.20. The smallest absolute Gasteiger partial charge is 0.124 e. The van der Waals surface area contributed by atoms with E-state index in [1.807, 2.05) is 38.2 Å². The molecule has 0 radical (unpaired) electrons. The van der Waals surface area contributed by atoms with E-state index in [1.54, 1.807) is 6.26 Å². The summed E-state index contributed by atoms with van der Waals surface area (Å²) in [6, 6.07) is 12.4. The van der Waals surface area contributed by atoms with Crippen molar-refractivity contribution in [1.29, 1.82) is 0 Å². The lowest BCUT2D eigenvalue weighted by atomic mass is 10.0. The van der Waals surface area contributed by atoms with Gasteiger partial charge in [0.2, 0.25) is 0 Å². The van der Waals surface area contributed by atoms with Crippen LogP contribution >= 0.6 is 0 Å². The number of aryl methyl sites for hydroxylation is 1. The van der Waals surface area contributed by atoms with Crippen molar-refractivity contribution in [3.63, 3.8) is 0 Å². The maximum absolute atomic E-state index is 5.69. The molecule has 2 aromatic rings.